The molecule has 0 bridgehead atoms. The fraction of sp³-hybridized carbons (Fsp3) is 0.448. The number of hydrogen-bond donors (Lipinski definition) is 3. The molecule has 10 nitrogen and oxygen atoms in total. The van der Waals surface area contributed by atoms with Gasteiger partial charge in [0.25, 0.3) is 0 Å². The molecule has 4 heterocycles. The lowest BCUT2D eigenvalue weighted by molar-refractivity contribution is -0.122. The first-order chi connectivity index (χ1) is 19.0. The molecule has 1 aromatic carbocycles. The molecule has 1 saturated heterocycles. The van der Waals surface area contributed by atoms with E-state index in [1.807, 2.05) is 24.4 Å². The van der Waals surface area contributed by atoms with E-state index in [2.05, 4.69) is 10.3 Å². The number of benzene rings is 1. The van der Waals surface area contributed by atoms with Gasteiger partial charge in [0.15, 0.2) is 0 Å². The van der Waals surface area contributed by atoms with E-state index in [9.17, 15) is 14.4 Å². The Morgan fingerprint density at radius 1 is 1.23 bits per heavy atom. The zero-order valence-electron chi connectivity index (χ0n) is 22.8. The van der Waals surface area contributed by atoms with Crippen molar-refractivity contribution < 1.29 is 19.1 Å². The maximum Gasteiger partial charge on any atom is 0.410 e. The molecule has 1 unspecified atom stereocenters. The molecular weight excluding hydrogens is 532 g/mol. The number of aromatic nitrogens is 2. The fourth-order valence-electron chi connectivity index (χ4n) is 6.39. The Morgan fingerprint density at radius 3 is 2.73 bits per heavy atom. The number of ether oxygens (including phenoxy) is 1. The normalized spacial score (nSPS) is 22.6. The number of nitrogens with two attached hydrogens (primary N) is 1. The number of halogens is 1. The number of anilines is 2. The van der Waals surface area contributed by atoms with Gasteiger partial charge in [-0.05, 0) is 46.1 Å². The van der Waals surface area contributed by atoms with Crippen LogP contribution in [0.2, 0.25) is 5.02 Å². The molecule has 0 radical (unpaired) electrons. The van der Waals surface area contributed by atoms with Crippen LogP contribution in [0.5, 0.6) is 0 Å². The number of nitrogens with one attached hydrogen (secondary N) is 2. The smallest absolute Gasteiger partial charge is 0.410 e. The highest BCUT2D eigenvalue weighted by Crippen LogP contribution is 2.53. The standard InChI is InChI=1S/C29H33ClN6O4/c1-28(2,3)40-27(39)35-9-10-36(21(37)14-35)20-6-4-5-17-18(12-32-24(17)20)19-13-33-26-22(23(19)30)29(15-34-26)8-7-16(11-29)25(31)38/h4-6,12-13,16,32H,7-11,14-15H2,1-3H3,(H2,31,38)(H,33,34)/t16?,29-/m1/s1. The molecule has 1 aliphatic carbocycles. The lowest BCUT2D eigenvalue weighted by atomic mass is 9.80. The van der Waals surface area contributed by atoms with Crippen molar-refractivity contribution in [3.05, 3.63) is 41.2 Å². The molecule has 2 atom stereocenters. The summed E-state index contributed by atoms with van der Waals surface area (Å²) in [5.41, 5.74) is 8.90. The number of amides is 3. The third-order valence-electron chi connectivity index (χ3n) is 8.30. The molecule has 2 aromatic heterocycles. The topological polar surface area (TPSA) is 134 Å². The number of carbonyl (C=O) groups is 3. The summed E-state index contributed by atoms with van der Waals surface area (Å²) in [6, 6.07) is 5.80. The van der Waals surface area contributed by atoms with Gasteiger partial charge >= 0.3 is 6.09 Å². The molecule has 4 N–H and O–H groups in total. The second-order valence-corrected chi connectivity index (χ2v) is 12.4. The molecule has 6 rings (SSSR count). The van der Waals surface area contributed by atoms with E-state index < -0.39 is 11.7 Å². The van der Waals surface area contributed by atoms with Crippen molar-refractivity contribution in [3.8, 4) is 11.1 Å². The lowest BCUT2D eigenvalue weighted by Gasteiger charge is -2.35. The summed E-state index contributed by atoms with van der Waals surface area (Å²) in [6.07, 6.45) is 5.39. The van der Waals surface area contributed by atoms with Gasteiger partial charge in [0.05, 0.1) is 16.2 Å². The molecule has 3 amide bonds. The number of primary amides is 1. The minimum Gasteiger partial charge on any atom is -0.444 e. The van der Waals surface area contributed by atoms with Gasteiger partial charge in [0.2, 0.25) is 11.8 Å². The minimum absolute atomic E-state index is 0.0547. The second kappa shape index (κ2) is 9.40. The van der Waals surface area contributed by atoms with E-state index in [0.717, 1.165) is 51.9 Å². The summed E-state index contributed by atoms with van der Waals surface area (Å²) in [5.74, 6) is 0.136. The Hall–Kier alpha value is -3.79. The largest absolute Gasteiger partial charge is 0.444 e. The van der Waals surface area contributed by atoms with Crippen molar-refractivity contribution in [1.29, 1.82) is 0 Å². The molecule has 3 aromatic rings. The minimum atomic E-state index is -0.631. The van der Waals surface area contributed by atoms with Crippen LogP contribution in [0.4, 0.5) is 16.3 Å². The van der Waals surface area contributed by atoms with Crippen LogP contribution in [0.15, 0.2) is 30.6 Å². The number of rotatable bonds is 3. The molecule has 11 heteroatoms. The monoisotopic (exact) mass is 564 g/mol. The number of fused-ring (bicyclic) bond motifs is 3. The highest BCUT2D eigenvalue weighted by atomic mass is 35.5. The summed E-state index contributed by atoms with van der Waals surface area (Å²) in [7, 11) is 0. The van der Waals surface area contributed by atoms with Crippen molar-refractivity contribution in [2.24, 2.45) is 11.7 Å². The van der Waals surface area contributed by atoms with E-state index in [1.54, 1.807) is 31.9 Å². The number of H-pyrrole nitrogens is 1. The first-order valence-electron chi connectivity index (χ1n) is 13.6. The number of hydrogen-bond acceptors (Lipinski definition) is 6. The van der Waals surface area contributed by atoms with Gasteiger partial charge in [-0.3, -0.25) is 14.5 Å². The maximum absolute atomic E-state index is 13.2. The molecule has 40 heavy (non-hydrogen) atoms. The number of piperazine rings is 1. The molecule has 210 valence electrons. The Morgan fingerprint density at radius 2 is 2.02 bits per heavy atom. The number of aromatic amines is 1. The van der Waals surface area contributed by atoms with Crippen LogP contribution in [0.25, 0.3) is 22.0 Å². The summed E-state index contributed by atoms with van der Waals surface area (Å²) in [4.78, 5) is 48.8. The molecule has 1 saturated carbocycles. The zero-order valence-corrected chi connectivity index (χ0v) is 23.6. The van der Waals surface area contributed by atoms with Crippen LogP contribution in [0.3, 0.4) is 0 Å². The van der Waals surface area contributed by atoms with Crippen molar-refractivity contribution in [3.63, 3.8) is 0 Å². The summed E-state index contributed by atoms with van der Waals surface area (Å²) < 4.78 is 5.45. The van der Waals surface area contributed by atoms with E-state index in [-0.39, 0.29) is 29.7 Å². The van der Waals surface area contributed by atoms with E-state index in [1.165, 1.54) is 4.90 Å². The SMILES string of the molecule is CC(C)(C)OC(=O)N1CCN(c2cccc3c(-c4cnc5c(c4Cl)[C@@]4(CCC(C(N)=O)C4)CN5)c[nH]c23)C(=O)C1. The predicted octanol–water partition coefficient (Wildman–Crippen LogP) is 4.42. The second-order valence-electron chi connectivity index (χ2n) is 12.0. The first-order valence-corrected chi connectivity index (χ1v) is 14.0. The van der Waals surface area contributed by atoms with E-state index >= 15 is 0 Å². The molecule has 3 aliphatic rings. The number of carbonyl (C=O) groups excluding carboxylic acids is 3. The first kappa shape index (κ1) is 26.4. The molecule has 2 aliphatic heterocycles. The maximum atomic E-state index is 13.2. The van der Waals surface area contributed by atoms with Gasteiger partial charge < -0.3 is 25.7 Å². The van der Waals surface area contributed by atoms with Crippen LogP contribution < -0.4 is 16.0 Å². The lowest BCUT2D eigenvalue weighted by Crippen LogP contribution is -2.53. The predicted molar refractivity (Wildman–Crippen MR) is 153 cm³/mol. The third-order valence-corrected chi connectivity index (χ3v) is 8.69. The van der Waals surface area contributed by atoms with Gasteiger partial charge in [-0.1, -0.05) is 23.7 Å². The van der Waals surface area contributed by atoms with Crippen LogP contribution >= 0.6 is 11.6 Å². The molecule has 2 fully saturated rings. The number of pyridine rings is 1. The van der Waals surface area contributed by atoms with Gasteiger partial charge in [0.1, 0.15) is 18.0 Å². The number of nitrogens with zero attached hydrogens (tertiary/aromatic N) is 3. The highest BCUT2D eigenvalue weighted by Gasteiger charge is 2.48. The van der Waals surface area contributed by atoms with Crippen LogP contribution in [-0.2, 0) is 19.7 Å². The number of para-hydroxylation sites is 1. The average Bonchev–Trinajstić information content (AvgIpc) is 3.61. The van der Waals surface area contributed by atoms with Gasteiger partial charge in [-0.25, -0.2) is 9.78 Å². The van der Waals surface area contributed by atoms with Crippen molar-refractivity contribution in [1.82, 2.24) is 14.9 Å². The van der Waals surface area contributed by atoms with Crippen molar-refractivity contribution in [2.75, 3.05) is 36.4 Å². The van der Waals surface area contributed by atoms with Gasteiger partial charge in [-0.15, -0.1) is 0 Å². The quantitative estimate of drug-likeness (QED) is 0.431. The van der Waals surface area contributed by atoms with Gasteiger partial charge in [0, 0.05) is 65.4 Å². The molecule has 1 spiro atoms. The Labute approximate surface area is 237 Å². The van der Waals surface area contributed by atoms with E-state index in [4.69, 9.17) is 27.1 Å². The fourth-order valence-corrected chi connectivity index (χ4v) is 6.83. The summed E-state index contributed by atoms with van der Waals surface area (Å²) in [6.45, 7) is 6.75. The van der Waals surface area contributed by atoms with Crippen molar-refractivity contribution >= 4 is 51.9 Å². The van der Waals surface area contributed by atoms with E-state index in [0.29, 0.717) is 31.1 Å². The summed E-state index contributed by atoms with van der Waals surface area (Å²) in [5, 5.41) is 4.91. The van der Waals surface area contributed by atoms with Crippen LogP contribution in [-0.4, -0.2) is 64.6 Å². The Bertz CT molecular complexity index is 1550. The Balaban J connectivity index is 1.31. The molecular formula is C29H33ClN6O4. The third kappa shape index (κ3) is 4.34. The average molecular weight is 565 g/mol. The summed E-state index contributed by atoms with van der Waals surface area (Å²) >= 11 is 7.12. The Kier molecular flexibility index (Phi) is 6.21. The van der Waals surface area contributed by atoms with Crippen molar-refractivity contribution in [2.45, 2.75) is 51.0 Å². The van der Waals surface area contributed by atoms with Crippen LogP contribution in [0.1, 0.15) is 45.6 Å². The zero-order chi connectivity index (χ0) is 28.4. The van der Waals surface area contributed by atoms with Crippen LogP contribution in [0, 0.1) is 5.92 Å². The highest BCUT2D eigenvalue weighted by molar-refractivity contribution is 6.35. The van der Waals surface area contributed by atoms with Gasteiger partial charge in [-0.2, -0.15) is 0 Å².